The SMILES string of the molecule is CN=C(NCCc1sc(C)nc1C)Nc1cccc(OCCCOC)c1. The van der Waals surface area contributed by atoms with Crippen LogP contribution >= 0.6 is 11.3 Å². The smallest absolute Gasteiger partial charge is 0.195 e. The first kappa shape index (κ1) is 20.2. The Kier molecular flexibility index (Phi) is 8.37. The van der Waals surface area contributed by atoms with Gasteiger partial charge in [0.15, 0.2) is 5.96 Å². The number of thiazole rings is 1. The molecule has 0 saturated carbocycles. The molecule has 0 unspecified atom stereocenters. The van der Waals surface area contributed by atoms with Crippen molar-refractivity contribution in [3.05, 3.63) is 39.8 Å². The monoisotopic (exact) mass is 376 g/mol. The third-order valence-electron chi connectivity index (χ3n) is 3.73. The maximum atomic E-state index is 5.73. The van der Waals surface area contributed by atoms with Crippen molar-refractivity contribution in [2.24, 2.45) is 4.99 Å². The first-order chi connectivity index (χ1) is 12.6. The minimum atomic E-state index is 0.637. The molecule has 0 amide bonds. The van der Waals surface area contributed by atoms with Crippen molar-refractivity contribution in [2.45, 2.75) is 26.7 Å². The number of aliphatic imine (C=N–C) groups is 1. The van der Waals surface area contributed by atoms with Crippen LogP contribution in [-0.2, 0) is 11.2 Å². The second-order valence-corrected chi connectivity index (χ2v) is 7.13. The second kappa shape index (κ2) is 10.8. The number of aromatic nitrogens is 1. The van der Waals surface area contributed by atoms with E-state index in [1.54, 1.807) is 25.5 Å². The Labute approximate surface area is 159 Å². The normalized spacial score (nSPS) is 11.5. The Balaban J connectivity index is 1.82. The number of hydrogen-bond acceptors (Lipinski definition) is 5. The number of ether oxygens (including phenoxy) is 2. The average Bonchev–Trinajstić information content (AvgIpc) is 2.95. The minimum absolute atomic E-state index is 0.637. The molecule has 0 aliphatic rings. The molecule has 1 heterocycles. The molecule has 2 rings (SSSR count). The Morgan fingerprint density at radius 1 is 1.27 bits per heavy atom. The van der Waals surface area contributed by atoms with Crippen molar-refractivity contribution in [1.29, 1.82) is 0 Å². The zero-order valence-electron chi connectivity index (χ0n) is 16.0. The zero-order valence-corrected chi connectivity index (χ0v) is 16.8. The fourth-order valence-corrected chi connectivity index (χ4v) is 3.41. The summed E-state index contributed by atoms with van der Waals surface area (Å²) in [6, 6.07) is 7.87. The number of methoxy groups -OCH3 is 1. The molecule has 26 heavy (non-hydrogen) atoms. The second-order valence-electron chi connectivity index (χ2n) is 5.84. The van der Waals surface area contributed by atoms with E-state index in [4.69, 9.17) is 9.47 Å². The van der Waals surface area contributed by atoms with Crippen LogP contribution < -0.4 is 15.4 Å². The fraction of sp³-hybridized carbons (Fsp3) is 0.474. The van der Waals surface area contributed by atoms with E-state index in [0.29, 0.717) is 13.2 Å². The number of benzene rings is 1. The molecule has 0 spiro atoms. The lowest BCUT2D eigenvalue weighted by Crippen LogP contribution is -2.32. The standard InChI is InChI=1S/C19H28N4O2S/c1-14-18(26-15(2)22-14)9-10-21-19(20-3)23-16-7-5-8-17(13-16)25-12-6-11-24-4/h5,7-8,13H,6,9-12H2,1-4H3,(H2,20,21,23). The Bertz CT molecular complexity index is 715. The van der Waals surface area contributed by atoms with E-state index in [9.17, 15) is 0 Å². The number of hydrogen-bond donors (Lipinski definition) is 2. The molecule has 2 N–H and O–H groups in total. The molecule has 0 fully saturated rings. The van der Waals surface area contributed by atoms with E-state index in [1.165, 1.54) is 4.88 Å². The van der Waals surface area contributed by atoms with Gasteiger partial charge < -0.3 is 20.1 Å². The molecule has 142 valence electrons. The molecule has 0 saturated heterocycles. The summed E-state index contributed by atoms with van der Waals surface area (Å²) in [5.74, 6) is 1.57. The van der Waals surface area contributed by atoms with Gasteiger partial charge in [0.25, 0.3) is 0 Å². The fourth-order valence-electron chi connectivity index (χ4n) is 2.47. The predicted molar refractivity (Wildman–Crippen MR) is 109 cm³/mol. The number of anilines is 1. The van der Waals surface area contributed by atoms with Crippen LogP contribution in [0.4, 0.5) is 5.69 Å². The van der Waals surface area contributed by atoms with Crippen LogP contribution in [0.3, 0.4) is 0 Å². The van der Waals surface area contributed by atoms with Gasteiger partial charge in [0.1, 0.15) is 5.75 Å². The van der Waals surface area contributed by atoms with Crippen LogP contribution in [0.15, 0.2) is 29.3 Å². The van der Waals surface area contributed by atoms with Crippen LogP contribution in [0.2, 0.25) is 0 Å². The molecular formula is C19H28N4O2S. The summed E-state index contributed by atoms with van der Waals surface area (Å²) >= 11 is 1.75. The van der Waals surface area contributed by atoms with Gasteiger partial charge in [-0.05, 0) is 26.0 Å². The third kappa shape index (κ3) is 6.65. The van der Waals surface area contributed by atoms with Crippen molar-refractivity contribution in [1.82, 2.24) is 10.3 Å². The van der Waals surface area contributed by atoms with Gasteiger partial charge in [0.2, 0.25) is 0 Å². The van der Waals surface area contributed by atoms with Crippen molar-refractivity contribution in [3.63, 3.8) is 0 Å². The van der Waals surface area contributed by atoms with E-state index in [-0.39, 0.29) is 0 Å². The van der Waals surface area contributed by atoms with E-state index in [1.807, 2.05) is 31.2 Å². The summed E-state index contributed by atoms with van der Waals surface area (Å²) in [5.41, 5.74) is 2.06. The minimum Gasteiger partial charge on any atom is -0.493 e. The van der Waals surface area contributed by atoms with E-state index in [2.05, 4.69) is 27.5 Å². The molecule has 6 nitrogen and oxygen atoms in total. The van der Waals surface area contributed by atoms with Crippen molar-refractivity contribution in [2.75, 3.05) is 39.2 Å². The molecular weight excluding hydrogens is 348 g/mol. The molecule has 0 atom stereocenters. The molecule has 2 aromatic rings. The van der Waals surface area contributed by atoms with Crippen molar-refractivity contribution in [3.8, 4) is 5.75 Å². The molecule has 0 bridgehead atoms. The van der Waals surface area contributed by atoms with E-state index < -0.39 is 0 Å². The van der Waals surface area contributed by atoms with Gasteiger partial charge in [-0.3, -0.25) is 4.99 Å². The van der Waals surface area contributed by atoms with E-state index in [0.717, 1.165) is 47.5 Å². The lowest BCUT2D eigenvalue weighted by molar-refractivity contribution is 0.172. The van der Waals surface area contributed by atoms with Gasteiger partial charge in [-0.2, -0.15) is 0 Å². The van der Waals surface area contributed by atoms with Crippen LogP contribution in [0, 0.1) is 13.8 Å². The van der Waals surface area contributed by atoms with Crippen LogP contribution in [0.25, 0.3) is 0 Å². The van der Waals surface area contributed by atoms with Crippen LogP contribution in [0.5, 0.6) is 5.75 Å². The van der Waals surface area contributed by atoms with Crippen LogP contribution in [-0.4, -0.2) is 44.9 Å². The molecule has 7 heteroatoms. The van der Waals surface area contributed by atoms with Gasteiger partial charge in [-0.15, -0.1) is 11.3 Å². The number of guanidine groups is 1. The lowest BCUT2D eigenvalue weighted by Gasteiger charge is -2.13. The summed E-state index contributed by atoms with van der Waals surface area (Å²) in [7, 11) is 3.46. The largest absolute Gasteiger partial charge is 0.493 e. The average molecular weight is 377 g/mol. The maximum absolute atomic E-state index is 5.73. The Morgan fingerprint density at radius 2 is 2.12 bits per heavy atom. The highest BCUT2D eigenvalue weighted by molar-refractivity contribution is 7.11. The maximum Gasteiger partial charge on any atom is 0.195 e. The quantitative estimate of drug-likeness (QED) is 0.399. The number of nitrogens with one attached hydrogen (secondary N) is 2. The van der Waals surface area contributed by atoms with E-state index >= 15 is 0 Å². The highest BCUT2D eigenvalue weighted by Crippen LogP contribution is 2.18. The number of aryl methyl sites for hydroxylation is 2. The summed E-state index contributed by atoms with van der Waals surface area (Å²) in [6.45, 7) is 6.24. The first-order valence-electron chi connectivity index (χ1n) is 8.74. The summed E-state index contributed by atoms with van der Waals surface area (Å²) in [5, 5.41) is 7.75. The molecule has 0 aliphatic heterocycles. The lowest BCUT2D eigenvalue weighted by atomic mass is 10.3. The topological polar surface area (TPSA) is 67.8 Å². The Hall–Kier alpha value is -2.12. The third-order valence-corrected chi connectivity index (χ3v) is 4.86. The van der Waals surface area contributed by atoms with Crippen molar-refractivity contribution < 1.29 is 9.47 Å². The highest BCUT2D eigenvalue weighted by atomic mass is 32.1. The molecule has 1 aromatic carbocycles. The van der Waals surface area contributed by atoms with Gasteiger partial charge in [0.05, 0.1) is 17.3 Å². The summed E-state index contributed by atoms with van der Waals surface area (Å²) < 4.78 is 10.8. The predicted octanol–water partition coefficient (Wildman–Crippen LogP) is 3.41. The summed E-state index contributed by atoms with van der Waals surface area (Å²) in [4.78, 5) is 10.1. The highest BCUT2D eigenvalue weighted by Gasteiger charge is 2.06. The van der Waals surface area contributed by atoms with Crippen molar-refractivity contribution >= 4 is 23.0 Å². The van der Waals surface area contributed by atoms with Gasteiger partial charge >= 0.3 is 0 Å². The van der Waals surface area contributed by atoms with Crippen LogP contribution in [0.1, 0.15) is 22.0 Å². The molecule has 1 aromatic heterocycles. The van der Waals surface area contributed by atoms with Gasteiger partial charge in [-0.25, -0.2) is 4.98 Å². The zero-order chi connectivity index (χ0) is 18.8. The van der Waals surface area contributed by atoms with Gasteiger partial charge in [-0.1, -0.05) is 6.07 Å². The number of rotatable bonds is 9. The molecule has 0 radical (unpaired) electrons. The first-order valence-corrected chi connectivity index (χ1v) is 9.56. The molecule has 0 aliphatic carbocycles. The summed E-state index contributed by atoms with van der Waals surface area (Å²) in [6.07, 6.45) is 1.80. The van der Waals surface area contributed by atoms with Gasteiger partial charge in [0, 0.05) is 56.8 Å². The number of nitrogens with zero attached hydrogens (tertiary/aromatic N) is 2. The Morgan fingerprint density at radius 3 is 2.81 bits per heavy atom.